The van der Waals surface area contributed by atoms with Gasteiger partial charge < -0.3 is 19.4 Å². The van der Waals surface area contributed by atoms with Gasteiger partial charge in [0.05, 0.1) is 30.5 Å². The lowest BCUT2D eigenvalue weighted by atomic mass is 9.98. The molecule has 0 N–H and O–H groups in total. The molecule has 178 valence electrons. The van der Waals surface area contributed by atoms with Crippen LogP contribution in [0.5, 0.6) is 0 Å². The Balaban J connectivity index is 1.40. The molecule has 12 heteroatoms. The average Bonchev–Trinajstić information content (AvgIpc) is 3.14. The van der Waals surface area contributed by atoms with Crippen LogP contribution in [-0.4, -0.2) is 86.8 Å². The van der Waals surface area contributed by atoms with E-state index in [1.807, 2.05) is 4.90 Å². The summed E-state index contributed by atoms with van der Waals surface area (Å²) in [5.41, 5.74) is 1.23. The lowest BCUT2D eigenvalue weighted by molar-refractivity contribution is -0.151. The summed E-state index contributed by atoms with van der Waals surface area (Å²) in [4.78, 5) is 43.3. The van der Waals surface area contributed by atoms with E-state index < -0.39 is 10.0 Å². The molecule has 0 spiro atoms. The third kappa shape index (κ3) is 5.01. The van der Waals surface area contributed by atoms with Crippen molar-refractivity contribution in [3.05, 3.63) is 23.8 Å². The van der Waals surface area contributed by atoms with Crippen molar-refractivity contribution in [1.82, 2.24) is 9.80 Å². The van der Waals surface area contributed by atoms with E-state index in [9.17, 15) is 22.8 Å². The van der Waals surface area contributed by atoms with Gasteiger partial charge in [0, 0.05) is 37.1 Å². The van der Waals surface area contributed by atoms with Gasteiger partial charge in [0.2, 0.25) is 5.91 Å². The molecule has 1 atom stereocenters. The van der Waals surface area contributed by atoms with Crippen molar-refractivity contribution >= 4 is 50.4 Å². The molecule has 3 aliphatic heterocycles. The first-order valence-electron chi connectivity index (χ1n) is 10.8. The number of piperidine rings is 1. The van der Waals surface area contributed by atoms with E-state index in [2.05, 4.69) is 4.40 Å². The van der Waals surface area contributed by atoms with E-state index in [0.717, 1.165) is 10.6 Å². The number of likely N-dealkylation sites (N-methyl/N-ethyl adjacent to an activating group) is 1. The number of carbonyl (C=O) groups excluding carboxylic acids is 3. The summed E-state index contributed by atoms with van der Waals surface area (Å²) in [7, 11) is -1.89. The number of esters is 1. The van der Waals surface area contributed by atoms with Gasteiger partial charge in [-0.25, -0.2) is 8.42 Å². The summed E-state index contributed by atoms with van der Waals surface area (Å²) in [5, 5.41) is 0.394. The average molecular weight is 495 g/mol. The summed E-state index contributed by atoms with van der Waals surface area (Å²) in [6.07, 6.45) is 1.40. The molecule has 0 saturated carbocycles. The maximum Gasteiger partial charge on any atom is 0.310 e. The molecule has 2 amide bonds. The topological polar surface area (TPSA) is 117 Å². The maximum atomic E-state index is 13.0. The van der Waals surface area contributed by atoms with E-state index in [4.69, 9.17) is 4.74 Å². The van der Waals surface area contributed by atoms with Crippen molar-refractivity contribution < 1.29 is 27.5 Å². The number of likely N-dealkylation sites (tertiary alicyclic amines) is 1. The predicted octanol–water partition coefficient (Wildman–Crippen LogP) is 1.17. The number of benzene rings is 1. The molecule has 0 bridgehead atoms. The molecule has 33 heavy (non-hydrogen) atoms. The Morgan fingerprint density at radius 1 is 1.27 bits per heavy atom. The van der Waals surface area contributed by atoms with Crippen LogP contribution in [0.3, 0.4) is 0 Å². The van der Waals surface area contributed by atoms with Crippen LogP contribution < -0.4 is 4.90 Å². The first-order chi connectivity index (χ1) is 15.7. The lowest BCUT2D eigenvalue weighted by Gasteiger charge is -2.32. The molecule has 3 aliphatic rings. The van der Waals surface area contributed by atoms with Crippen molar-refractivity contribution in [3.63, 3.8) is 0 Å². The minimum Gasteiger partial charge on any atom is -0.466 e. The fourth-order valence-corrected chi connectivity index (χ4v) is 6.41. The Kier molecular flexibility index (Phi) is 6.66. The Labute approximate surface area is 197 Å². The molecule has 4 rings (SSSR count). The van der Waals surface area contributed by atoms with Crippen LogP contribution in [0.15, 0.2) is 27.5 Å². The molecule has 0 radical (unpaired) electrons. The van der Waals surface area contributed by atoms with E-state index in [0.29, 0.717) is 49.8 Å². The van der Waals surface area contributed by atoms with E-state index in [1.165, 1.54) is 16.7 Å². The van der Waals surface area contributed by atoms with E-state index in [-0.39, 0.29) is 36.0 Å². The molecule has 0 aliphatic carbocycles. The van der Waals surface area contributed by atoms with Crippen LogP contribution in [0.25, 0.3) is 0 Å². The highest BCUT2D eigenvalue weighted by Crippen LogP contribution is 2.42. The van der Waals surface area contributed by atoms with Gasteiger partial charge in [-0.3, -0.25) is 14.4 Å². The number of amidine groups is 1. The summed E-state index contributed by atoms with van der Waals surface area (Å²) in [6.45, 7) is 3.13. The number of thioether (sulfide) groups is 1. The summed E-state index contributed by atoms with van der Waals surface area (Å²) in [6, 6.07) is 5.15. The second-order valence-corrected chi connectivity index (χ2v) is 11.0. The van der Waals surface area contributed by atoms with Gasteiger partial charge in [-0.15, -0.1) is 4.40 Å². The maximum absolute atomic E-state index is 13.0. The number of ether oxygens (including phenoxy) is 1. The predicted molar refractivity (Wildman–Crippen MR) is 124 cm³/mol. The van der Waals surface area contributed by atoms with Gasteiger partial charge in [-0.05, 0) is 49.7 Å². The van der Waals surface area contributed by atoms with Crippen LogP contribution in [0, 0.1) is 5.92 Å². The van der Waals surface area contributed by atoms with Gasteiger partial charge in [0.1, 0.15) is 0 Å². The van der Waals surface area contributed by atoms with Crippen molar-refractivity contribution in [3.8, 4) is 0 Å². The smallest absolute Gasteiger partial charge is 0.310 e. The molecular formula is C21H26N4O6S2. The first kappa shape index (κ1) is 23.6. The quantitative estimate of drug-likeness (QED) is 0.560. The molecule has 1 fully saturated rings. The minimum absolute atomic E-state index is 0.0461. The third-order valence-corrected chi connectivity index (χ3v) is 8.14. The zero-order valence-electron chi connectivity index (χ0n) is 18.5. The first-order valence-corrected chi connectivity index (χ1v) is 13.2. The van der Waals surface area contributed by atoms with Gasteiger partial charge in [-0.1, -0.05) is 0 Å². The normalized spacial score (nSPS) is 21.0. The molecule has 1 unspecified atom stereocenters. The van der Waals surface area contributed by atoms with Crippen LogP contribution in [-0.2, 0) is 24.3 Å². The van der Waals surface area contributed by atoms with Gasteiger partial charge in [0.15, 0.2) is 5.17 Å². The number of carbonyl (C=O) groups is 3. The van der Waals surface area contributed by atoms with Crippen LogP contribution in [0.2, 0.25) is 0 Å². The van der Waals surface area contributed by atoms with E-state index >= 15 is 0 Å². The number of anilines is 1. The zero-order chi connectivity index (χ0) is 23.8. The highest BCUT2D eigenvalue weighted by Gasteiger charge is 2.34. The number of amides is 2. The third-order valence-electron chi connectivity index (χ3n) is 5.83. The van der Waals surface area contributed by atoms with Gasteiger partial charge in [-0.2, -0.15) is 0 Å². The minimum atomic E-state index is -3.45. The summed E-state index contributed by atoms with van der Waals surface area (Å²) in [5.74, 6) is -1.20. The summed E-state index contributed by atoms with van der Waals surface area (Å²) < 4.78 is 32.5. The standard InChI is InChI=1S/C21H26N4O6S2/c1-3-31-20(28)15-5-4-8-24(12-15)18(26)13-23(2)19(27)14-6-7-16-17(11-14)32-21-22-33(29,30)10-9-25(16)21/h6-7,11,15H,3-5,8-10,12-13H2,1-2H3. The second kappa shape index (κ2) is 9.34. The molecule has 1 aromatic carbocycles. The monoisotopic (exact) mass is 494 g/mol. The highest BCUT2D eigenvalue weighted by molar-refractivity contribution is 8.15. The molecule has 1 saturated heterocycles. The van der Waals surface area contributed by atoms with Crippen molar-refractivity contribution in [2.45, 2.75) is 24.7 Å². The van der Waals surface area contributed by atoms with Crippen LogP contribution in [0.1, 0.15) is 30.1 Å². The number of nitrogens with zero attached hydrogens (tertiary/aromatic N) is 4. The Hall–Kier alpha value is -2.60. The van der Waals surface area contributed by atoms with Crippen molar-refractivity contribution in [1.29, 1.82) is 0 Å². The molecule has 0 aromatic heterocycles. The van der Waals surface area contributed by atoms with Crippen LogP contribution >= 0.6 is 11.8 Å². The second-order valence-electron chi connectivity index (χ2n) is 8.19. The SMILES string of the molecule is CCOC(=O)C1CCCN(C(=O)CN(C)C(=O)c2ccc3c(c2)SC2=NS(=O)(=O)CCN23)C1. The molecule has 10 nitrogen and oxygen atoms in total. The van der Waals surface area contributed by atoms with Crippen LogP contribution in [0.4, 0.5) is 5.69 Å². The Morgan fingerprint density at radius 3 is 2.82 bits per heavy atom. The number of hydrogen-bond donors (Lipinski definition) is 0. The summed E-state index contributed by atoms with van der Waals surface area (Å²) >= 11 is 1.22. The molecule has 1 aromatic rings. The lowest BCUT2D eigenvalue weighted by Crippen LogP contribution is -2.47. The van der Waals surface area contributed by atoms with E-state index in [1.54, 1.807) is 37.1 Å². The Morgan fingerprint density at radius 2 is 2.06 bits per heavy atom. The number of hydrogen-bond acceptors (Lipinski definition) is 8. The fourth-order valence-electron chi connectivity index (χ4n) is 4.11. The number of fused-ring (bicyclic) bond motifs is 3. The number of sulfonamides is 1. The van der Waals surface area contributed by atoms with Gasteiger partial charge in [0.25, 0.3) is 15.9 Å². The van der Waals surface area contributed by atoms with Crippen molar-refractivity contribution in [2.24, 2.45) is 10.3 Å². The highest BCUT2D eigenvalue weighted by atomic mass is 32.2. The molecular weight excluding hydrogens is 468 g/mol. The van der Waals surface area contributed by atoms with Gasteiger partial charge >= 0.3 is 5.97 Å². The molecule has 3 heterocycles. The largest absolute Gasteiger partial charge is 0.466 e. The Bertz CT molecular complexity index is 1120. The number of rotatable bonds is 5. The zero-order valence-corrected chi connectivity index (χ0v) is 20.2. The van der Waals surface area contributed by atoms with Crippen molar-refractivity contribution in [2.75, 3.05) is 50.5 Å². The fraction of sp³-hybridized carbons (Fsp3) is 0.524.